The molecule has 1 aromatic heterocycles. The number of ether oxygens (including phenoxy) is 3. The quantitative estimate of drug-likeness (QED) is 0.682. The lowest BCUT2D eigenvalue weighted by atomic mass is 9.97. The van der Waals surface area contributed by atoms with Crippen molar-refractivity contribution in [2.45, 2.75) is 45.8 Å². The van der Waals surface area contributed by atoms with Gasteiger partial charge in [-0.1, -0.05) is 17.3 Å². The van der Waals surface area contributed by atoms with Crippen LogP contribution < -0.4 is 4.74 Å². The van der Waals surface area contributed by atoms with Gasteiger partial charge < -0.3 is 23.6 Å². The molecule has 1 aliphatic heterocycles. The first-order valence-corrected chi connectivity index (χ1v) is 9.87. The van der Waals surface area contributed by atoms with Gasteiger partial charge in [-0.25, -0.2) is 4.79 Å². The number of carbonyl (C=O) groups excluding carboxylic acids is 2. The highest BCUT2D eigenvalue weighted by molar-refractivity contribution is 5.73. The second-order valence-electron chi connectivity index (χ2n) is 8.09. The fourth-order valence-electron chi connectivity index (χ4n) is 3.07. The molecule has 9 nitrogen and oxygen atoms in total. The third-order valence-electron chi connectivity index (χ3n) is 4.61. The third-order valence-corrected chi connectivity index (χ3v) is 4.61. The van der Waals surface area contributed by atoms with E-state index in [1.807, 2.05) is 39.0 Å². The van der Waals surface area contributed by atoms with E-state index in [1.165, 1.54) is 0 Å². The number of rotatable bonds is 5. The number of nitrogens with zero attached hydrogens (tertiary/aromatic N) is 3. The van der Waals surface area contributed by atoms with Crippen LogP contribution in [-0.2, 0) is 20.9 Å². The van der Waals surface area contributed by atoms with Crippen molar-refractivity contribution >= 4 is 12.1 Å². The Bertz CT molecular complexity index is 881. The fraction of sp³-hybridized carbons (Fsp3) is 0.524. The molecule has 2 aromatic rings. The summed E-state index contributed by atoms with van der Waals surface area (Å²) >= 11 is 0. The lowest BCUT2D eigenvalue weighted by Gasteiger charge is -2.32. The normalized spacial score (nSPS) is 15.0. The predicted octanol–water partition coefficient (Wildman–Crippen LogP) is 3.44. The smallest absolute Gasteiger partial charge is 0.410 e. The zero-order valence-electron chi connectivity index (χ0n) is 17.7. The molecule has 9 heteroatoms. The maximum atomic E-state index is 12.4. The van der Waals surface area contributed by atoms with Crippen LogP contribution in [-0.4, -0.2) is 52.9 Å². The number of esters is 1. The molecule has 0 atom stereocenters. The van der Waals surface area contributed by atoms with E-state index in [-0.39, 0.29) is 30.5 Å². The third kappa shape index (κ3) is 5.71. The minimum atomic E-state index is -0.541. The average molecular weight is 417 g/mol. The van der Waals surface area contributed by atoms with E-state index in [1.54, 1.807) is 18.1 Å². The van der Waals surface area contributed by atoms with E-state index in [4.69, 9.17) is 18.7 Å². The molecule has 3 rings (SSSR count). The standard InChI is InChI=1S/C21H27N3O6/c1-21(2,3)29-20(26)24-10-8-14(9-11-24)19(25)28-13-17-22-18(23-30-17)15-6-5-7-16(12-15)27-4/h5-7,12,14H,8-11,13H2,1-4H3. The summed E-state index contributed by atoms with van der Waals surface area (Å²) < 4.78 is 21.1. The molecular weight excluding hydrogens is 390 g/mol. The predicted molar refractivity (Wildman–Crippen MR) is 107 cm³/mol. The van der Waals surface area contributed by atoms with Crippen LogP contribution in [0.4, 0.5) is 4.79 Å². The molecule has 1 amide bonds. The highest BCUT2D eigenvalue weighted by Gasteiger charge is 2.31. The summed E-state index contributed by atoms with van der Waals surface area (Å²) in [4.78, 5) is 30.4. The molecule has 0 aliphatic carbocycles. The fourth-order valence-corrected chi connectivity index (χ4v) is 3.07. The molecule has 0 N–H and O–H groups in total. The molecule has 0 unspecified atom stereocenters. The number of piperidine rings is 1. The van der Waals surface area contributed by atoms with Gasteiger partial charge in [-0.15, -0.1) is 0 Å². The molecule has 162 valence electrons. The first-order chi connectivity index (χ1) is 14.2. The van der Waals surface area contributed by atoms with Gasteiger partial charge in [-0.2, -0.15) is 4.98 Å². The van der Waals surface area contributed by atoms with Crippen molar-refractivity contribution in [2.75, 3.05) is 20.2 Å². The Morgan fingerprint density at radius 3 is 2.63 bits per heavy atom. The lowest BCUT2D eigenvalue weighted by Crippen LogP contribution is -2.43. The molecule has 1 aliphatic rings. The number of methoxy groups -OCH3 is 1. The highest BCUT2D eigenvalue weighted by atomic mass is 16.6. The number of amides is 1. The van der Waals surface area contributed by atoms with Gasteiger partial charge in [0, 0.05) is 18.7 Å². The Labute approximate surface area is 175 Å². The number of likely N-dealkylation sites (tertiary alicyclic amines) is 1. The maximum Gasteiger partial charge on any atom is 0.410 e. The van der Waals surface area contributed by atoms with Crippen LogP contribution in [0, 0.1) is 5.92 Å². The Hall–Kier alpha value is -3.10. The van der Waals surface area contributed by atoms with Crippen molar-refractivity contribution in [1.82, 2.24) is 15.0 Å². The molecule has 2 heterocycles. The molecule has 0 radical (unpaired) electrons. The first kappa shape index (κ1) is 21.6. The molecule has 30 heavy (non-hydrogen) atoms. The zero-order valence-corrected chi connectivity index (χ0v) is 17.7. The van der Waals surface area contributed by atoms with Gasteiger partial charge in [-0.05, 0) is 45.7 Å². The Morgan fingerprint density at radius 1 is 1.23 bits per heavy atom. The zero-order chi connectivity index (χ0) is 21.7. The SMILES string of the molecule is COc1cccc(-c2noc(COC(=O)C3CCN(C(=O)OC(C)(C)C)CC3)n2)c1. The molecule has 0 spiro atoms. The lowest BCUT2D eigenvalue weighted by molar-refractivity contribution is -0.152. The van der Waals surface area contributed by atoms with Gasteiger partial charge >= 0.3 is 12.1 Å². The van der Waals surface area contributed by atoms with Crippen molar-refractivity contribution in [1.29, 1.82) is 0 Å². The van der Waals surface area contributed by atoms with Crippen molar-refractivity contribution in [3.63, 3.8) is 0 Å². The molecule has 0 bridgehead atoms. The Balaban J connectivity index is 1.47. The van der Waals surface area contributed by atoms with E-state index < -0.39 is 5.60 Å². The van der Waals surface area contributed by atoms with Crippen LogP contribution in [0.1, 0.15) is 39.5 Å². The number of hydrogen-bond donors (Lipinski definition) is 0. The van der Waals surface area contributed by atoms with Gasteiger partial charge in [0.05, 0.1) is 13.0 Å². The van der Waals surface area contributed by atoms with E-state index in [0.29, 0.717) is 37.5 Å². The maximum absolute atomic E-state index is 12.4. The largest absolute Gasteiger partial charge is 0.497 e. The van der Waals surface area contributed by atoms with Crippen molar-refractivity contribution in [2.24, 2.45) is 5.92 Å². The minimum Gasteiger partial charge on any atom is -0.497 e. The molecule has 1 fully saturated rings. The number of benzene rings is 1. The summed E-state index contributed by atoms with van der Waals surface area (Å²) in [6, 6.07) is 7.27. The van der Waals surface area contributed by atoms with Gasteiger partial charge in [0.2, 0.25) is 5.82 Å². The van der Waals surface area contributed by atoms with E-state index >= 15 is 0 Å². The number of carbonyl (C=O) groups is 2. The van der Waals surface area contributed by atoms with E-state index in [2.05, 4.69) is 10.1 Å². The number of hydrogen-bond acceptors (Lipinski definition) is 8. The topological polar surface area (TPSA) is 104 Å². The summed E-state index contributed by atoms with van der Waals surface area (Å²) in [5.74, 6) is 0.686. The summed E-state index contributed by atoms with van der Waals surface area (Å²) in [5.41, 5.74) is 0.200. The molecular formula is C21H27N3O6. The van der Waals surface area contributed by atoms with Crippen LogP contribution in [0.15, 0.2) is 28.8 Å². The van der Waals surface area contributed by atoms with Crippen molar-refractivity contribution < 1.29 is 28.3 Å². The van der Waals surface area contributed by atoms with Crippen LogP contribution in [0.3, 0.4) is 0 Å². The van der Waals surface area contributed by atoms with E-state index in [9.17, 15) is 9.59 Å². The summed E-state index contributed by atoms with van der Waals surface area (Å²) in [6.45, 7) is 6.29. The molecule has 1 saturated heterocycles. The van der Waals surface area contributed by atoms with Crippen LogP contribution >= 0.6 is 0 Å². The summed E-state index contributed by atoms with van der Waals surface area (Å²) in [5, 5.41) is 3.92. The second-order valence-corrected chi connectivity index (χ2v) is 8.09. The van der Waals surface area contributed by atoms with Crippen molar-refractivity contribution in [3.05, 3.63) is 30.2 Å². The summed E-state index contributed by atoms with van der Waals surface area (Å²) in [7, 11) is 1.58. The van der Waals surface area contributed by atoms with Gasteiger partial charge in [-0.3, -0.25) is 4.79 Å². The Kier molecular flexibility index (Phi) is 6.59. The highest BCUT2D eigenvalue weighted by Crippen LogP contribution is 2.23. The van der Waals surface area contributed by atoms with E-state index in [0.717, 1.165) is 5.56 Å². The van der Waals surface area contributed by atoms with Gasteiger partial charge in [0.25, 0.3) is 5.89 Å². The Morgan fingerprint density at radius 2 is 1.97 bits per heavy atom. The van der Waals surface area contributed by atoms with Crippen LogP contribution in [0.5, 0.6) is 5.75 Å². The first-order valence-electron chi connectivity index (χ1n) is 9.87. The average Bonchev–Trinajstić information content (AvgIpc) is 3.20. The monoisotopic (exact) mass is 417 g/mol. The summed E-state index contributed by atoms with van der Waals surface area (Å²) in [6.07, 6.45) is 0.693. The van der Waals surface area contributed by atoms with Crippen LogP contribution in [0.2, 0.25) is 0 Å². The molecule has 1 aromatic carbocycles. The van der Waals surface area contributed by atoms with Crippen molar-refractivity contribution in [3.8, 4) is 17.1 Å². The van der Waals surface area contributed by atoms with Gasteiger partial charge in [0.15, 0.2) is 6.61 Å². The molecule has 0 saturated carbocycles. The minimum absolute atomic E-state index is 0.0952. The van der Waals surface area contributed by atoms with Crippen LogP contribution in [0.25, 0.3) is 11.4 Å². The second kappa shape index (κ2) is 9.15. The number of aromatic nitrogens is 2. The van der Waals surface area contributed by atoms with Gasteiger partial charge in [0.1, 0.15) is 11.4 Å².